The van der Waals surface area contributed by atoms with Crippen LogP contribution in [0, 0.1) is 0 Å². The second-order valence-electron chi connectivity index (χ2n) is 8.37. The van der Waals surface area contributed by atoms with Crippen LogP contribution < -0.4 is 16.0 Å². The maximum absolute atomic E-state index is 12.5. The molecule has 0 aliphatic heterocycles. The van der Waals surface area contributed by atoms with Gasteiger partial charge < -0.3 is 16.0 Å². The van der Waals surface area contributed by atoms with Gasteiger partial charge in [0.05, 0.1) is 5.52 Å². The summed E-state index contributed by atoms with van der Waals surface area (Å²) in [4.78, 5) is 16.9. The van der Waals surface area contributed by atoms with E-state index in [9.17, 15) is 4.79 Å². The Balaban J connectivity index is 1.15. The number of pyridine rings is 1. The lowest BCUT2D eigenvalue weighted by Crippen LogP contribution is -2.42. The zero-order chi connectivity index (χ0) is 21.9. The number of aromatic nitrogens is 1. The van der Waals surface area contributed by atoms with Gasteiger partial charge in [-0.2, -0.15) is 0 Å². The number of benzene rings is 3. The van der Waals surface area contributed by atoms with Gasteiger partial charge in [-0.15, -0.1) is 0 Å². The van der Waals surface area contributed by atoms with Crippen molar-refractivity contribution in [1.82, 2.24) is 10.3 Å². The Morgan fingerprint density at radius 1 is 0.875 bits per heavy atom. The first-order chi connectivity index (χ1) is 15.6. The molecule has 0 spiro atoms. The van der Waals surface area contributed by atoms with E-state index in [1.165, 1.54) is 0 Å². The monoisotopic (exact) mass is 444 g/mol. The van der Waals surface area contributed by atoms with Gasteiger partial charge in [0, 0.05) is 40.1 Å². The van der Waals surface area contributed by atoms with Gasteiger partial charge in [-0.05, 0) is 72.9 Å². The second kappa shape index (κ2) is 9.05. The van der Waals surface area contributed by atoms with Gasteiger partial charge in [-0.25, -0.2) is 4.79 Å². The van der Waals surface area contributed by atoms with Crippen LogP contribution in [-0.2, 0) is 0 Å². The number of nitrogens with zero attached hydrogens (tertiary/aromatic N) is 1. The number of carbonyl (C=O) groups is 1. The normalized spacial score (nSPS) is 18.4. The highest BCUT2D eigenvalue weighted by Crippen LogP contribution is 2.28. The molecular weight excluding hydrogens is 420 g/mol. The van der Waals surface area contributed by atoms with Crippen LogP contribution in [0.2, 0.25) is 5.02 Å². The largest absolute Gasteiger partial charge is 0.382 e. The molecule has 4 aromatic rings. The third-order valence-electron chi connectivity index (χ3n) is 6.13. The maximum atomic E-state index is 12.5. The van der Waals surface area contributed by atoms with Gasteiger partial charge in [0.25, 0.3) is 0 Å². The van der Waals surface area contributed by atoms with E-state index < -0.39 is 0 Å². The molecule has 3 N–H and O–H groups in total. The van der Waals surface area contributed by atoms with Crippen molar-refractivity contribution >= 4 is 50.7 Å². The first kappa shape index (κ1) is 20.6. The standard InChI is InChI=1S/C26H25ClN4O/c27-19-6-12-23-24(13-14-28-25(23)16-19)29-20-8-10-21(11-9-20)30-26(32)31-22-7-5-17-3-1-2-4-18(17)15-22/h1-7,12-16,20-21H,8-11H2,(H,28,29)(H2,30,31,32)/t20-,21+. The molecule has 1 saturated carbocycles. The summed E-state index contributed by atoms with van der Waals surface area (Å²) >= 11 is 6.10. The Morgan fingerprint density at radius 3 is 2.50 bits per heavy atom. The van der Waals surface area contributed by atoms with E-state index in [4.69, 9.17) is 11.6 Å². The Bertz CT molecular complexity index is 1270. The fourth-order valence-corrected chi connectivity index (χ4v) is 4.64. The van der Waals surface area contributed by atoms with E-state index in [0.717, 1.165) is 58.7 Å². The third kappa shape index (κ3) is 4.63. The molecule has 0 radical (unpaired) electrons. The SMILES string of the molecule is O=C(Nc1ccc2ccccc2c1)N[C@H]1CC[C@@H](Nc2ccnc3cc(Cl)ccc23)CC1. The minimum Gasteiger partial charge on any atom is -0.382 e. The van der Waals surface area contributed by atoms with Gasteiger partial charge in [0.1, 0.15) is 0 Å². The molecule has 0 atom stereocenters. The van der Waals surface area contributed by atoms with Crippen LogP contribution >= 0.6 is 11.6 Å². The zero-order valence-electron chi connectivity index (χ0n) is 17.6. The molecule has 0 saturated heterocycles. The number of hydrogen-bond acceptors (Lipinski definition) is 3. The average Bonchev–Trinajstić information content (AvgIpc) is 2.80. The van der Waals surface area contributed by atoms with Crippen molar-refractivity contribution in [3.63, 3.8) is 0 Å². The summed E-state index contributed by atoms with van der Waals surface area (Å²) in [5.41, 5.74) is 2.78. The van der Waals surface area contributed by atoms with Crippen molar-refractivity contribution in [2.45, 2.75) is 37.8 Å². The van der Waals surface area contributed by atoms with Crippen LogP contribution in [0.5, 0.6) is 0 Å². The molecule has 1 heterocycles. The van der Waals surface area contributed by atoms with Gasteiger partial charge in [0.2, 0.25) is 0 Å². The molecule has 1 aliphatic carbocycles. The summed E-state index contributed by atoms with van der Waals surface area (Å²) in [6, 6.07) is 22.3. The average molecular weight is 445 g/mol. The molecule has 1 aromatic heterocycles. The number of nitrogens with one attached hydrogen (secondary N) is 3. The number of urea groups is 1. The van der Waals surface area contributed by atoms with Gasteiger partial charge in [-0.1, -0.05) is 41.9 Å². The van der Waals surface area contributed by atoms with E-state index in [1.807, 2.05) is 66.9 Å². The van der Waals surface area contributed by atoms with Crippen molar-refractivity contribution in [3.05, 3.63) is 77.9 Å². The van der Waals surface area contributed by atoms with Crippen molar-refractivity contribution in [2.24, 2.45) is 0 Å². The van der Waals surface area contributed by atoms with Crippen LogP contribution in [0.15, 0.2) is 72.9 Å². The van der Waals surface area contributed by atoms with E-state index in [-0.39, 0.29) is 12.1 Å². The highest BCUT2D eigenvalue weighted by molar-refractivity contribution is 6.31. The minimum atomic E-state index is -0.145. The molecule has 32 heavy (non-hydrogen) atoms. The molecule has 6 heteroatoms. The third-order valence-corrected chi connectivity index (χ3v) is 6.37. The highest BCUT2D eigenvalue weighted by atomic mass is 35.5. The van der Waals surface area contributed by atoms with Gasteiger partial charge >= 0.3 is 6.03 Å². The number of amides is 2. The predicted molar refractivity (Wildman–Crippen MR) is 133 cm³/mol. The number of halogens is 1. The van der Waals surface area contributed by atoms with E-state index in [1.54, 1.807) is 0 Å². The predicted octanol–water partition coefficient (Wildman–Crippen LogP) is 6.59. The maximum Gasteiger partial charge on any atom is 0.319 e. The molecule has 1 aliphatic rings. The topological polar surface area (TPSA) is 66.1 Å². The van der Waals surface area contributed by atoms with E-state index in [2.05, 4.69) is 27.0 Å². The van der Waals surface area contributed by atoms with Crippen molar-refractivity contribution in [1.29, 1.82) is 0 Å². The summed E-state index contributed by atoms with van der Waals surface area (Å²) in [5.74, 6) is 0. The Hall–Kier alpha value is -3.31. The molecule has 3 aromatic carbocycles. The first-order valence-electron chi connectivity index (χ1n) is 11.0. The molecule has 0 bridgehead atoms. The van der Waals surface area contributed by atoms with Crippen LogP contribution in [0.4, 0.5) is 16.2 Å². The number of anilines is 2. The first-order valence-corrected chi connectivity index (χ1v) is 11.4. The van der Waals surface area contributed by atoms with Crippen molar-refractivity contribution in [2.75, 3.05) is 10.6 Å². The Morgan fingerprint density at radius 2 is 1.66 bits per heavy atom. The van der Waals surface area contributed by atoms with Crippen LogP contribution in [0.25, 0.3) is 21.7 Å². The number of hydrogen-bond donors (Lipinski definition) is 3. The summed E-state index contributed by atoms with van der Waals surface area (Å²) in [7, 11) is 0. The molecule has 1 fully saturated rings. The lowest BCUT2D eigenvalue weighted by atomic mass is 9.91. The molecule has 5 nitrogen and oxygen atoms in total. The van der Waals surface area contributed by atoms with Crippen molar-refractivity contribution < 1.29 is 4.79 Å². The summed E-state index contributed by atoms with van der Waals surface area (Å²) in [5, 5.41) is 13.8. The molecule has 0 unspecified atom stereocenters. The van der Waals surface area contributed by atoms with Crippen LogP contribution in [0.3, 0.4) is 0 Å². The molecule has 162 valence electrons. The second-order valence-corrected chi connectivity index (χ2v) is 8.81. The zero-order valence-corrected chi connectivity index (χ0v) is 18.4. The lowest BCUT2D eigenvalue weighted by Gasteiger charge is -2.30. The summed E-state index contributed by atoms with van der Waals surface area (Å²) in [6.07, 6.45) is 5.69. The van der Waals surface area contributed by atoms with Crippen LogP contribution in [0.1, 0.15) is 25.7 Å². The number of rotatable bonds is 4. The smallest absolute Gasteiger partial charge is 0.319 e. The van der Waals surface area contributed by atoms with E-state index in [0.29, 0.717) is 11.1 Å². The summed E-state index contributed by atoms with van der Waals surface area (Å²) in [6.45, 7) is 0. The quantitative estimate of drug-likeness (QED) is 0.332. The molecule has 2 amide bonds. The lowest BCUT2D eigenvalue weighted by molar-refractivity contribution is 0.243. The fourth-order valence-electron chi connectivity index (χ4n) is 4.47. The molecule has 5 rings (SSSR count). The Labute approximate surface area is 192 Å². The van der Waals surface area contributed by atoms with Gasteiger partial charge in [0.15, 0.2) is 0 Å². The van der Waals surface area contributed by atoms with Gasteiger partial charge in [-0.3, -0.25) is 4.98 Å². The van der Waals surface area contributed by atoms with Crippen LogP contribution in [-0.4, -0.2) is 23.1 Å². The number of fused-ring (bicyclic) bond motifs is 2. The van der Waals surface area contributed by atoms with Crippen molar-refractivity contribution in [3.8, 4) is 0 Å². The Kier molecular flexibility index (Phi) is 5.82. The molecular formula is C26H25ClN4O. The number of carbonyl (C=O) groups excluding carboxylic acids is 1. The fraction of sp³-hybridized carbons (Fsp3) is 0.231. The minimum absolute atomic E-state index is 0.145. The van der Waals surface area contributed by atoms with E-state index >= 15 is 0 Å². The summed E-state index contributed by atoms with van der Waals surface area (Å²) < 4.78 is 0. The highest BCUT2D eigenvalue weighted by Gasteiger charge is 2.23.